The number of nitrogens with one attached hydrogen (secondary N) is 1. The van der Waals surface area contributed by atoms with Crippen molar-refractivity contribution in [2.24, 2.45) is 12.8 Å². The summed E-state index contributed by atoms with van der Waals surface area (Å²) in [4.78, 5) is 23.7. The number of thioether (sulfide) groups is 1. The zero-order valence-corrected chi connectivity index (χ0v) is 17.0. The van der Waals surface area contributed by atoms with Gasteiger partial charge in [-0.2, -0.15) is 0 Å². The molecule has 3 N–H and O–H groups in total. The van der Waals surface area contributed by atoms with Gasteiger partial charge in [-0.1, -0.05) is 47.1 Å². The van der Waals surface area contributed by atoms with Crippen molar-refractivity contribution in [1.29, 1.82) is 0 Å². The maximum Gasteiger partial charge on any atom is 0.250 e. The minimum atomic E-state index is -0.608. The highest BCUT2D eigenvalue weighted by Crippen LogP contribution is 2.29. The number of carbonyl (C=O) groups is 2. The van der Waals surface area contributed by atoms with E-state index in [0.29, 0.717) is 26.7 Å². The summed E-state index contributed by atoms with van der Waals surface area (Å²) >= 11 is 13.2. The fraction of sp³-hybridized carbons (Fsp3) is 0.111. The highest BCUT2D eigenvalue weighted by Gasteiger charge is 2.15. The number of anilines is 1. The van der Waals surface area contributed by atoms with Gasteiger partial charge in [0.2, 0.25) is 5.91 Å². The number of benzene rings is 2. The molecular weight excluding hydrogens is 421 g/mol. The summed E-state index contributed by atoms with van der Waals surface area (Å²) in [6.45, 7) is 0. The molecule has 0 fully saturated rings. The average molecular weight is 436 g/mol. The minimum Gasteiger partial charge on any atom is -0.366 e. The number of hydrogen-bond donors (Lipinski definition) is 2. The standard InChI is InChI=1S/C18H15Cl2N5O2S/c1-25-17(10-6-7-12(19)13(20)8-10)23-24-18(25)28-9-15(26)22-14-5-3-2-4-11(14)16(21)27/h2-8H,9H2,1H3,(H2,21,27)(H,22,26). The Balaban J connectivity index is 1.69. The van der Waals surface area contributed by atoms with Gasteiger partial charge in [-0.3, -0.25) is 9.59 Å². The van der Waals surface area contributed by atoms with Crippen molar-refractivity contribution in [2.75, 3.05) is 11.1 Å². The summed E-state index contributed by atoms with van der Waals surface area (Å²) in [5.74, 6) is -0.220. The number of nitrogens with zero attached hydrogens (tertiary/aromatic N) is 3. The number of amides is 2. The minimum absolute atomic E-state index is 0.0838. The first kappa shape index (κ1) is 20.2. The monoisotopic (exact) mass is 435 g/mol. The SMILES string of the molecule is Cn1c(SCC(=O)Nc2ccccc2C(N)=O)nnc1-c1ccc(Cl)c(Cl)c1. The highest BCUT2D eigenvalue weighted by molar-refractivity contribution is 7.99. The lowest BCUT2D eigenvalue weighted by atomic mass is 10.1. The quantitative estimate of drug-likeness (QED) is 0.575. The van der Waals surface area contributed by atoms with E-state index in [-0.39, 0.29) is 17.2 Å². The maximum atomic E-state index is 12.3. The lowest BCUT2D eigenvalue weighted by Gasteiger charge is -2.08. The Hall–Kier alpha value is -2.55. The molecule has 7 nitrogen and oxygen atoms in total. The molecule has 1 heterocycles. The summed E-state index contributed by atoms with van der Waals surface area (Å²) in [6.07, 6.45) is 0. The van der Waals surface area contributed by atoms with E-state index < -0.39 is 5.91 Å². The summed E-state index contributed by atoms with van der Waals surface area (Å²) in [5.41, 5.74) is 6.70. The van der Waals surface area contributed by atoms with Gasteiger partial charge in [0, 0.05) is 12.6 Å². The predicted octanol–water partition coefficient (Wildman–Crippen LogP) is 3.62. The van der Waals surface area contributed by atoms with Crippen molar-refractivity contribution < 1.29 is 9.59 Å². The lowest BCUT2D eigenvalue weighted by molar-refractivity contribution is -0.113. The van der Waals surface area contributed by atoms with Gasteiger partial charge in [-0.15, -0.1) is 10.2 Å². The van der Waals surface area contributed by atoms with Crippen molar-refractivity contribution >= 4 is 52.5 Å². The molecule has 3 rings (SSSR count). The van der Waals surface area contributed by atoms with Crippen LogP contribution in [0.5, 0.6) is 0 Å². The van der Waals surface area contributed by atoms with E-state index in [1.165, 1.54) is 11.8 Å². The van der Waals surface area contributed by atoms with Crippen LogP contribution in [0, 0.1) is 0 Å². The van der Waals surface area contributed by atoms with Gasteiger partial charge >= 0.3 is 0 Å². The Bertz CT molecular complexity index is 1050. The molecule has 2 aromatic carbocycles. The third kappa shape index (κ3) is 4.46. The Morgan fingerprint density at radius 1 is 1.14 bits per heavy atom. The number of rotatable bonds is 6. The van der Waals surface area contributed by atoms with Gasteiger partial charge in [-0.25, -0.2) is 0 Å². The maximum absolute atomic E-state index is 12.3. The lowest BCUT2D eigenvalue weighted by Crippen LogP contribution is -2.19. The van der Waals surface area contributed by atoms with Gasteiger partial charge < -0.3 is 15.6 Å². The van der Waals surface area contributed by atoms with Crippen LogP contribution in [0.3, 0.4) is 0 Å². The van der Waals surface area contributed by atoms with E-state index >= 15 is 0 Å². The molecule has 0 atom stereocenters. The highest BCUT2D eigenvalue weighted by atomic mass is 35.5. The Morgan fingerprint density at radius 3 is 2.61 bits per heavy atom. The van der Waals surface area contributed by atoms with Crippen LogP contribution >= 0.6 is 35.0 Å². The summed E-state index contributed by atoms with van der Waals surface area (Å²) in [5, 5.41) is 12.4. The third-order valence-electron chi connectivity index (χ3n) is 3.81. The second-order valence-electron chi connectivity index (χ2n) is 5.74. The molecule has 0 unspecified atom stereocenters. The molecule has 0 aliphatic heterocycles. The Kier molecular flexibility index (Phi) is 6.23. The number of aromatic nitrogens is 3. The fourth-order valence-corrected chi connectivity index (χ4v) is 3.46. The largest absolute Gasteiger partial charge is 0.366 e. The number of para-hydroxylation sites is 1. The fourth-order valence-electron chi connectivity index (χ4n) is 2.45. The number of primary amides is 1. The molecule has 144 valence electrons. The van der Waals surface area contributed by atoms with Crippen LogP contribution in [0.2, 0.25) is 10.0 Å². The van der Waals surface area contributed by atoms with E-state index in [1.807, 2.05) is 0 Å². The number of nitrogens with two attached hydrogens (primary N) is 1. The molecule has 0 saturated carbocycles. The Labute approximate surface area is 175 Å². The first-order chi connectivity index (χ1) is 13.4. The number of hydrogen-bond acceptors (Lipinski definition) is 5. The zero-order valence-electron chi connectivity index (χ0n) is 14.6. The molecule has 2 amide bonds. The first-order valence-electron chi connectivity index (χ1n) is 8.03. The van der Waals surface area contributed by atoms with Crippen LogP contribution in [-0.2, 0) is 11.8 Å². The molecule has 0 aliphatic rings. The zero-order chi connectivity index (χ0) is 20.3. The molecule has 0 aliphatic carbocycles. The molecular formula is C18H15Cl2N5O2S. The summed E-state index contributed by atoms with van der Waals surface area (Å²) in [7, 11) is 1.79. The molecule has 0 radical (unpaired) electrons. The van der Waals surface area contributed by atoms with Gasteiger partial charge in [0.25, 0.3) is 5.91 Å². The van der Waals surface area contributed by atoms with Crippen molar-refractivity contribution in [3.63, 3.8) is 0 Å². The summed E-state index contributed by atoms with van der Waals surface area (Å²) in [6, 6.07) is 11.7. The van der Waals surface area contributed by atoms with Crippen LogP contribution in [0.1, 0.15) is 10.4 Å². The first-order valence-corrected chi connectivity index (χ1v) is 9.77. The molecule has 10 heteroatoms. The smallest absolute Gasteiger partial charge is 0.250 e. The van der Waals surface area contributed by atoms with E-state index in [0.717, 1.165) is 5.56 Å². The van der Waals surface area contributed by atoms with Gasteiger partial charge in [0.05, 0.1) is 27.0 Å². The van der Waals surface area contributed by atoms with Crippen molar-refractivity contribution in [1.82, 2.24) is 14.8 Å². The molecule has 0 saturated heterocycles. The average Bonchev–Trinajstić information content (AvgIpc) is 3.03. The number of carbonyl (C=O) groups excluding carboxylic acids is 2. The molecule has 1 aromatic heterocycles. The van der Waals surface area contributed by atoms with Crippen molar-refractivity contribution in [3.8, 4) is 11.4 Å². The molecule has 3 aromatic rings. The van der Waals surface area contributed by atoms with Crippen molar-refractivity contribution in [2.45, 2.75) is 5.16 Å². The van der Waals surface area contributed by atoms with Gasteiger partial charge in [-0.05, 0) is 30.3 Å². The molecule has 0 bridgehead atoms. The predicted molar refractivity (Wildman–Crippen MR) is 111 cm³/mol. The Morgan fingerprint density at radius 2 is 1.89 bits per heavy atom. The van der Waals surface area contributed by atoms with E-state index in [2.05, 4.69) is 15.5 Å². The van der Waals surface area contributed by atoms with Crippen LogP contribution in [-0.4, -0.2) is 32.3 Å². The second-order valence-corrected chi connectivity index (χ2v) is 7.50. The molecule has 0 spiro atoms. The van der Waals surface area contributed by atoms with Crippen LogP contribution < -0.4 is 11.1 Å². The second kappa shape index (κ2) is 8.64. The van der Waals surface area contributed by atoms with Crippen LogP contribution in [0.25, 0.3) is 11.4 Å². The normalized spacial score (nSPS) is 10.7. The van der Waals surface area contributed by atoms with Crippen LogP contribution in [0.4, 0.5) is 5.69 Å². The van der Waals surface area contributed by atoms with E-state index in [4.69, 9.17) is 28.9 Å². The van der Waals surface area contributed by atoms with E-state index in [9.17, 15) is 9.59 Å². The van der Waals surface area contributed by atoms with Gasteiger partial charge in [0.1, 0.15) is 0 Å². The van der Waals surface area contributed by atoms with E-state index in [1.54, 1.807) is 54.1 Å². The topological polar surface area (TPSA) is 103 Å². The van der Waals surface area contributed by atoms with Gasteiger partial charge in [0.15, 0.2) is 11.0 Å². The summed E-state index contributed by atoms with van der Waals surface area (Å²) < 4.78 is 1.76. The third-order valence-corrected chi connectivity index (χ3v) is 5.57. The number of halogens is 2. The molecule has 28 heavy (non-hydrogen) atoms. The van der Waals surface area contributed by atoms with Crippen molar-refractivity contribution in [3.05, 3.63) is 58.1 Å². The van der Waals surface area contributed by atoms with Crippen LogP contribution in [0.15, 0.2) is 47.6 Å².